The molecule has 23 heavy (non-hydrogen) atoms. The van der Waals surface area contributed by atoms with E-state index >= 15 is 0 Å². The molecule has 0 bridgehead atoms. The van der Waals surface area contributed by atoms with Crippen LogP contribution in [0.2, 0.25) is 0 Å². The summed E-state index contributed by atoms with van der Waals surface area (Å²) in [6.07, 6.45) is 0. The van der Waals surface area contributed by atoms with E-state index in [2.05, 4.69) is 53.5 Å². The van der Waals surface area contributed by atoms with Crippen LogP contribution in [0.4, 0.5) is 5.95 Å². The third-order valence-electron chi connectivity index (χ3n) is 3.46. The first-order chi connectivity index (χ1) is 11.0. The first kappa shape index (κ1) is 16.9. The fraction of sp³-hybridized carbons (Fsp3) is 0.389. The van der Waals surface area contributed by atoms with Crippen LogP contribution in [-0.4, -0.2) is 22.4 Å². The summed E-state index contributed by atoms with van der Waals surface area (Å²) in [6.45, 7) is 9.30. The molecule has 0 aliphatic heterocycles. The molecule has 2 rings (SSSR count). The number of rotatable bonds is 6. The molecule has 2 N–H and O–H groups in total. The maximum Gasteiger partial charge on any atom is 0.270 e. The molecule has 0 unspecified atom stereocenters. The van der Waals surface area contributed by atoms with Gasteiger partial charge in [-0.3, -0.25) is 4.79 Å². The fourth-order valence-corrected chi connectivity index (χ4v) is 2.13. The zero-order valence-corrected chi connectivity index (χ0v) is 14.2. The van der Waals surface area contributed by atoms with Crippen LogP contribution in [0.5, 0.6) is 0 Å². The van der Waals surface area contributed by atoms with E-state index in [-0.39, 0.29) is 5.91 Å². The second kappa shape index (κ2) is 7.72. The van der Waals surface area contributed by atoms with E-state index in [1.54, 1.807) is 6.07 Å². The van der Waals surface area contributed by atoms with Gasteiger partial charge >= 0.3 is 0 Å². The number of amides is 1. The molecule has 0 saturated carbocycles. The summed E-state index contributed by atoms with van der Waals surface area (Å²) in [5.41, 5.74) is 3.55. The molecule has 1 heterocycles. The Kier molecular flexibility index (Phi) is 5.68. The Morgan fingerprint density at radius 3 is 2.61 bits per heavy atom. The standard InChI is InChI=1S/C18H24N4O/c1-12(2)10-19-17(23)16-9-14(4)21-18(22-16)20-11-15-8-6-5-7-13(15)3/h5-9,12H,10-11H2,1-4H3,(H,19,23)(H,20,21,22). The minimum atomic E-state index is -0.164. The van der Waals surface area contributed by atoms with Crippen LogP contribution >= 0.6 is 0 Å². The van der Waals surface area contributed by atoms with Crippen molar-refractivity contribution in [3.8, 4) is 0 Å². The van der Waals surface area contributed by atoms with Crippen LogP contribution in [0.1, 0.15) is 41.2 Å². The molecule has 0 saturated heterocycles. The molecule has 0 spiro atoms. The van der Waals surface area contributed by atoms with Gasteiger partial charge in [0.15, 0.2) is 0 Å². The minimum absolute atomic E-state index is 0.164. The molecule has 0 fully saturated rings. The lowest BCUT2D eigenvalue weighted by atomic mass is 10.1. The summed E-state index contributed by atoms with van der Waals surface area (Å²) in [6, 6.07) is 9.85. The molecule has 1 aromatic carbocycles. The number of carbonyl (C=O) groups excluding carboxylic acids is 1. The molecule has 0 atom stereocenters. The highest BCUT2D eigenvalue weighted by molar-refractivity contribution is 5.92. The zero-order chi connectivity index (χ0) is 16.8. The third kappa shape index (κ3) is 5.06. The normalized spacial score (nSPS) is 10.7. The van der Waals surface area contributed by atoms with Crippen molar-refractivity contribution in [1.82, 2.24) is 15.3 Å². The molecule has 0 radical (unpaired) electrons. The monoisotopic (exact) mass is 312 g/mol. The van der Waals surface area contributed by atoms with E-state index in [0.717, 1.165) is 5.69 Å². The summed E-state index contributed by atoms with van der Waals surface area (Å²) in [5, 5.41) is 6.08. The van der Waals surface area contributed by atoms with Crippen molar-refractivity contribution in [2.75, 3.05) is 11.9 Å². The third-order valence-corrected chi connectivity index (χ3v) is 3.46. The summed E-state index contributed by atoms with van der Waals surface area (Å²) in [5.74, 6) is 0.714. The van der Waals surface area contributed by atoms with Gasteiger partial charge in [0, 0.05) is 18.8 Å². The van der Waals surface area contributed by atoms with Gasteiger partial charge in [0.05, 0.1) is 0 Å². The average molecular weight is 312 g/mol. The zero-order valence-electron chi connectivity index (χ0n) is 14.2. The number of aromatic nitrogens is 2. The van der Waals surface area contributed by atoms with E-state index in [0.29, 0.717) is 30.6 Å². The van der Waals surface area contributed by atoms with Crippen molar-refractivity contribution in [2.45, 2.75) is 34.2 Å². The summed E-state index contributed by atoms with van der Waals surface area (Å²) >= 11 is 0. The van der Waals surface area contributed by atoms with E-state index < -0.39 is 0 Å². The quantitative estimate of drug-likeness (QED) is 0.860. The lowest BCUT2D eigenvalue weighted by Gasteiger charge is -2.11. The van der Waals surface area contributed by atoms with E-state index in [1.807, 2.05) is 19.1 Å². The van der Waals surface area contributed by atoms with Crippen LogP contribution in [0.15, 0.2) is 30.3 Å². The van der Waals surface area contributed by atoms with E-state index in [9.17, 15) is 4.79 Å². The SMILES string of the molecule is Cc1cc(C(=O)NCC(C)C)nc(NCc2ccccc2C)n1. The number of nitrogens with one attached hydrogen (secondary N) is 2. The molecule has 5 heteroatoms. The number of anilines is 1. The topological polar surface area (TPSA) is 66.9 Å². The van der Waals surface area contributed by atoms with Gasteiger partial charge in [-0.15, -0.1) is 0 Å². The number of aryl methyl sites for hydroxylation is 2. The van der Waals surface area contributed by atoms with Gasteiger partial charge in [0.25, 0.3) is 5.91 Å². The van der Waals surface area contributed by atoms with Crippen LogP contribution in [0.3, 0.4) is 0 Å². The van der Waals surface area contributed by atoms with Gasteiger partial charge in [-0.2, -0.15) is 0 Å². The number of hydrogen-bond donors (Lipinski definition) is 2. The van der Waals surface area contributed by atoms with Crippen LogP contribution in [0, 0.1) is 19.8 Å². The minimum Gasteiger partial charge on any atom is -0.350 e. The Hall–Kier alpha value is -2.43. The molecule has 1 amide bonds. The number of nitrogens with zero attached hydrogens (tertiary/aromatic N) is 2. The van der Waals surface area contributed by atoms with Crippen LogP contribution in [0.25, 0.3) is 0 Å². The number of hydrogen-bond acceptors (Lipinski definition) is 4. The highest BCUT2D eigenvalue weighted by Crippen LogP contribution is 2.10. The van der Waals surface area contributed by atoms with Crippen molar-refractivity contribution >= 4 is 11.9 Å². The molecule has 5 nitrogen and oxygen atoms in total. The Morgan fingerprint density at radius 2 is 1.91 bits per heavy atom. The van der Waals surface area contributed by atoms with Crippen LogP contribution < -0.4 is 10.6 Å². The smallest absolute Gasteiger partial charge is 0.270 e. The lowest BCUT2D eigenvalue weighted by Crippen LogP contribution is -2.28. The largest absolute Gasteiger partial charge is 0.350 e. The number of carbonyl (C=O) groups is 1. The number of benzene rings is 1. The van der Waals surface area contributed by atoms with Crippen molar-refractivity contribution in [3.63, 3.8) is 0 Å². The van der Waals surface area contributed by atoms with Crippen LogP contribution in [-0.2, 0) is 6.54 Å². The maximum atomic E-state index is 12.2. The van der Waals surface area contributed by atoms with Gasteiger partial charge < -0.3 is 10.6 Å². The summed E-state index contributed by atoms with van der Waals surface area (Å²) in [7, 11) is 0. The van der Waals surface area contributed by atoms with Gasteiger partial charge in [0.1, 0.15) is 5.69 Å². The van der Waals surface area contributed by atoms with E-state index in [4.69, 9.17) is 0 Å². The molecule has 2 aromatic rings. The van der Waals surface area contributed by atoms with Gasteiger partial charge in [-0.05, 0) is 37.0 Å². The van der Waals surface area contributed by atoms with Crippen molar-refractivity contribution < 1.29 is 4.79 Å². The predicted octanol–water partition coefficient (Wildman–Crippen LogP) is 3.09. The molecular formula is C18H24N4O. The molecule has 0 aliphatic rings. The molecule has 0 aliphatic carbocycles. The van der Waals surface area contributed by atoms with Crippen molar-refractivity contribution in [2.24, 2.45) is 5.92 Å². The molecule has 122 valence electrons. The van der Waals surface area contributed by atoms with Gasteiger partial charge in [0.2, 0.25) is 5.95 Å². The Morgan fingerprint density at radius 1 is 1.17 bits per heavy atom. The van der Waals surface area contributed by atoms with Gasteiger partial charge in [-0.1, -0.05) is 38.1 Å². The average Bonchev–Trinajstić information content (AvgIpc) is 2.51. The highest BCUT2D eigenvalue weighted by atomic mass is 16.1. The second-order valence-corrected chi connectivity index (χ2v) is 6.10. The first-order valence-electron chi connectivity index (χ1n) is 7.88. The Balaban J connectivity index is 2.08. The summed E-state index contributed by atoms with van der Waals surface area (Å²) in [4.78, 5) is 20.8. The Bertz CT molecular complexity index is 682. The van der Waals surface area contributed by atoms with Crippen molar-refractivity contribution in [3.05, 3.63) is 52.8 Å². The van der Waals surface area contributed by atoms with Gasteiger partial charge in [-0.25, -0.2) is 9.97 Å². The molecule has 1 aromatic heterocycles. The Labute approximate surface area is 137 Å². The maximum absolute atomic E-state index is 12.2. The van der Waals surface area contributed by atoms with Crippen molar-refractivity contribution in [1.29, 1.82) is 0 Å². The molecular weight excluding hydrogens is 288 g/mol. The highest BCUT2D eigenvalue weighted by Gasteiger charge is 2.11. The lowest BCUT2D eigenvalue weighted by molar-refractivity contribution is 0.0944. The second-order valence-electron chi connectivity index (χ2n) is 6.10. The first-order valence-corrected chi connectivity index (χ1v) is 7.88. The predicted molar refractivity (Wildman–Crippen MR) is 92.4 cm³/mol. The fourth-order valence-electron chi connectivity index (χ4n) is 2.13. The summed E-state index contributed by atoms with van der Waals surface area (Å²) < 4.78 is 0. The van der Waals surface area contributed by atoms with E-state index in [1.165, 1.54) is 11.1 Å².